The third kappa shape index (κ3) is 7.97. The standard InChI is InChI=1S/C16H20N2O2.C11H10BrNO2/c1-3-7-14(8-4-1)15-13-16(17-20-15)19-12-11-18-9-5-2-6-10-18;12-6-7-14-11-8-10(15-13-11)9-4-2-1-3-5-9/h1,3-4,7-8,13H,2,5-6,9-12H2;1-5,8H,6-7H2. The van der Waals surface area contributed by atoms with Gasteiger partial charge in [-0.3, -0.25) is 4.90 Å². The zero-order valence-electron chi connectivity index (χ0n) is 19.6. The number of hydrogen-bond acceptors (Lipinski definition) is 7. The van der Waals surface area contributed by atoms with Crippen molar-refractivity contribution in [1.29, 1.82) is 0 Å². The molecule has 4 aromatic rings. The number of piperidine rings is 1. The first-order chi connectivity index (χ1) is 17.3. The number of halogens is 1. The lowest BCUT2D eigenvalue weighted by atomic mass is 10.1. The first kappa shape index (κ1) is 25.0. The van der Waals surface area contributed by atoms with Crippen LogP contribution in [0.2, 0.25) is 0 Å². The molecule has 2 aromatic carbocycles. The number of nitrogens with zero attached hydrogens (tertiary/aromatic N) is 3. The maximum absolute atomic E-state index is 5.66. The molecule has 0 amide bonds. The molecule has 7 nitrogen and oxygen atoms in total. The van der Waals surface area contributed by atoms with E-state index in [4.69, 9.17) is 18.5 Å². The Morgan fingerprint density at radius 3 is 1.74 bits per heavy atom. The number of hydrogen-bond donors (Lipinski definition) is 0. The van der Waals surface area contributed by atoms with Crippen LogP contribution in [-0.2, 0) is 0 Å². The van der Waals surface area contributed by atoms with Crippen molar-refractivity contribution in [2.24, 2.45) is 0 Å². The maximum Gasteiger partial charge on any atom is 0.254 e. The zero-order valence-corrected chi connectivity index (χ0v) is 21.2. The fraction of sp³-hybridized carbons (Fsp3) is 0.333. The van der Waals surface area contributed by atoms with Crippen molar-refractivity contribution < 1.29 is 18.5 Å². The summed E-state index contributed by atoms with van der Waals surface area (Å²) in [5.74, 6) is 2.56. The van der Waals surface area contributed by atoms with Crippen molar-refractivity contribution in [2.45, 2.75) is 19.3 Å². The minimum absolute atomic E-state index is 0.522. The molecule has 35 heavy (non-hydrogen) atoms. The lowest BCUT2D eigenvalue weighted by molar-refractivity contribution is 0.177. The molecule has 5 rings (SSSR count). The van der Waals surface area contributed by atoms with Crippen molar-refractivity contribution in [3.8, 4) is 34.4 Å². The monoisotopic (exact) mass is 539 g/mol. The largest absolute Gasteiger partial charge is 0.475 e. The summed E-state index contributed by atoms with van der Waals surface area (Å²) in [5, 5.41) is 8.55. The van der Waals surface area contributed by atoms with Crippen LogP contribution in [0.3, 0.4) is 0 Å². The molecule has 184 valence electrons. The first-order valence-corrected chi connectivity index (χ1v) is 13.0. The normalized spacial score (nSPS) is 13.6. The number of rotatable bonds is 9. The van der Waals surface area contributed by atoms with Gasteiger partial charge >= 0.3 is 0 Å². The first-order valence-electron chi connectivity index (χ1n) is 11.9. The highest BCUT2D eigenvalue weighted by Crippen LogP contribution is 2.24. The Balaban J connectivity index is 0.000000172. The molecule has 0 unspecified atom stereocenters. The van der Waals surface area contributed by atoms with Crippen LogP contribution in [0.5, 0.6) is 11.8 Å². The highest BCUT2D eigenvalue weighted by molar-refractivity contribution is 9.09. The highest BCUT2D eigenvalue weighted by atomic mass is 79.9. The summed E-state index contributed by atoms with van der Waals surface area (Å²) in [6.07, 6.45) is 3.98. The molecular formula is C27H30BrN3O4. The summed E-state index contributed by atoms with van der Waals surface area (Å²) in [7, 11) is 0. The maximum atomic E-state index is 5.66. The van der Waals surface area contributed by atoms with Crippen LogP contribution >= 0.6 is 15.9 Å². The Hall–Kier alpha value is -3.10. The van der Waals surface area contributed by atoms with Crippen LogP contribution in [0.1, 0.15) is 19.3 Å². The van der Waals surface area contributed by atoms with Crippen molar-refractivity contribution in [1.82, 2.24) is 15.2 Å². The molecule has 1 fully saturated rings. The molecule has 0 aliphatic carbocycles. The fourth-order valence-corrected chi connectivity index (χ4v) is 3.90. The molecule has 8 heteroatoms. The molecule has 1 aliphatic rings. The van der Waals surface area contributed by atoms with Crippen LogP contribution < -0.4 is 9.47 Å². The molecule has 1 aliphatic heterocycles. The second-order valence-electron chi connectivity index (χ2n) is 8.08. The molecule has 2 aromatic heterocycles. The molecule has 0 saturated carbocycles. The summed E-state index contributed by atoms with van der Waals surface area (Å²) in [6.45, 7) is 4.60. The molecule has 0 atom stereocenters. The topological polar surface area (TPSA) is 73.8 Å². The molecule has 0 N–H and O–H groups in total. The van der Waals surface area contributed by atoms with Crippen LogP contribution in [0.4, 0.5) is 0 Å². The van der Waals surface area contributed by atoms with Crippen molar-refractivity contribution in [3.63, 3.8) is 0 Å². The molecule has 1 saturated heterocycles. The number of alkyl halides is 1. The second-order valence-corrected chi connectivity index (χ2v) is 8.87. The lowest BCUT2D eigenvalue weighted by Gasteiger charge is -2.25. The number of aromatic nitrogens is 2. The predicted molar refractivity (Wildman–Crippen MR) is 139 cm³/mol. The Morgan fingerprint density at radius 2 is 1.23 bits per heavy atom. The van der Waals surface area contributed by atoms with Gasteiger partial charge in [-0.05, 0) is 36.2 Å². The van der Waals surface area contributed by atoms with E-state index in [0.717, 1.165) is 34.5 Å². The molecule has 0 bridgehead atoms. The summed E-state index contributed by atoms with van der Waals surface area (Å²) in [6, 6.07) is 23.4. The van der Waals surface area contributed by atoms with E-state index in [1.54, 1.807) is 6.07 Å². The summed E-state index contributed by atoms with van der Waals surface area (Å²) < 4.78 is 21.4. The Bertz CT molecular complexity index is 1110. The SMILES string of the molecule is BrCCOc1cc(-c2ccccc2)on1.c1ccc(-c2cc(OCCN3CCCCC3)no2)cc1. The molecular weight excluding hydrogens is 510 g/mol. The third-order valence-electron chi connectivity index (χ3n) is 5.53. The van der Waals surface area contributed by atoms with E-state index in [0.29, 0.717) is 25.0 Å². The minimum Gasteiger partial charge on any atom is -0.475 e. The van der Waals surface area contributed by atoms with E-state index >= 15 is 0 Å². The molecule has 0 radical (unpaired) electrons. The van der Waals surface area contributed by atoms with Gasteiger partial charge in [-0.1, -0.05) is 83.0 Å². The van der Waals surface area contributed by atoms with Gasteiger partial charge in [-0.2, -0.15) is 0 Å². The second kappa shape index (κ2) is 13.7. The quantitative estimate of drug-likeness (QED) is 0.230. The van der Waals surface area contributed by atoms with Crippen LogP contribution in [0, 0.1) is 0 Å². The Labute approximate surface area is 214 Å². The van der Waals surface area contributed by atoms with Crippen LogP contribution in [0.25, 0.3) is 22.6 Å². The van der Waals surface area contributed by atoms with E-state index in [2.05, 4.69) is 31.1 Å². The van der Waals surface area contributed by atoms with E-state index < -0.39 is 0 Å². The number of ether oxygens (including phenoxy) is 2. The Morgan fingerprint density at radius 1 is 0.714 bits per heavy atom. The zero-order chi connectivity index (χ0) is 24.1. The average Bonchev–Trinajstić information content (AvgIpc) is 3.60. The van der Waals surface area contributed by atoms with Gasteiger partial charge in [0, 0.05) is 35.1 Å². The summed E-state index contributed by atoms with van der Waals surface area (Å²) >= 11 is 3.28. The summed E-state index contributed by atoms with van der Waals surface area (Å²) in [5.41, 5.74) is 2.02. The fourth-order valence-electron chi connectivity index (χ4n) is 3.74. The van der Waals surface area contributed by atoms with Gasteiger partial charge in [-0.15, -0.1) is 0 Å². The van der Waals surface area contributed by atoms with Gasteiger partial charge in [0.25, 0.3) is 11.8 Å². The Kier molecular flexibility index (Phi) is 9.79. The van der Waals surface area contributed by atoms with Crippen LogP contribution in [-0.4, -0.2) is 53.4 Å². The van der Waals surface area contributed by atoms with Gasteiger partial charge in [0.05, 0.1) is 6.61 Å². The smallest absolute Gasteiger partial charge is 0.254 e. The van der Waals surface area contributed by atoms with Gasteiger partial charge < -0.3 is 18.5 Å². The highest BCUT2D eigenvalue weighted by Gasteiger charge is 2.11. The van der Waals surface area contributed by atoms with Gasteiger partial charge in [0.2, 0.25) is 0 Å². The third-order valence-corrected chi connectivity index (χ3v) is 5.85. The lowest BCUT2D eigenvalue weighted by Crippen LogP contribution is -2.33. The van der Waals surface area contributed by atoms with Gasteiger partial charge in [0.15, 0.2) is 11.5 Å². The molecule has 0 spiro atoms. The van der Waals surface area contributed by atoms with Gasteiger partial charge in [0.1, 0.15) is 6.61 Å². The van der Waals surface area contributed by atoms with Crippen molar-refractivity contribution in [2.75, 3.05) is 38.2 Å². The van der Waals surface area contributed by atoms with Crippen molar-refractivity contribution >= 4 is 15.9 Å². The number of benzene rings is 2. The molecule has 3 heterocycles. The summed E-state index contributed by atoms with van der Waals surface area (Å²) in [4.78, 5) is 2.45. The minimum atomic E-state index is 0.522. The average molecular weight is 540 g/mol. The number of likely N-dealkylation sites (tertiary alicyclic amines) is 1. The van der Waals surface area contributed by atoms with E-state index in [-0.39, 0.29) is 0 Å². The van der Waals surface area contributed by atoms with Gasteiger partial charge in [-0.25, -0.2) is 0 Å². The van der Waals surface area contributed by atoms with Crippen molar-refractivity contribution in [3.05, 3.63) is 72.8 Å². The van der Waals surface area contributed by atoms with E-state index in [1.165, 1.54) is 32.4 Å². The van der Waals surface area contributed by atoms with E-state index in [1.807, 2.05) is 66.7 Å². The predicted octanol–water partition coefficient (Wildman–Crippen LogP) is 6.32. The van der Waals surface area contributed by atoms with E-state index in [9.17, 15) is 0 Å². The van der Waals surface area contributed by atoms with Crippen LogP contribution in [0.15, 0.2) is 81.8 Å².